The molecular formula is C7H3BrF5NO. The molecule has 0 fully saturated rings. The number of aromatic nitrogens is 1. The fourth-order valence-electron chi connectivity index (χ4n) is 0.925. The van der Waals surface area contributed by atoms with Crippen LogP contribution in [-0.2, 0) is 6.18 Å². The highest BCUT2D eigenvalue weighted by atomic mass is 79.9. The van der Waals surface area contributed by atoms with Crippen molar-refractivity contribution in [2.75, 3.05) is 0 Å². The van der Waals surface area contributed by atoms with Crippen LogP contribution in [0.2, 0.25) is 0 Å². The lowest BCUT2D eigenvalue weighted by Crippen LogP contribution is -2.18. The average Bonchev–Trinajstić information content (AvgIpc) is 2.00. The van der Waals surface area contributed by atoms with Gasteiger partial charge in [0.05, 0.1) is 11.1 Å². The van der Waals surface area contributed by atoms with Crippen molar-refractivity contribution in [2.24, 2.45) is 0 Å². The van der Waals surface area contributed by atoms with Crippen LogP contribution < -0.4 is 5.56 Å². The molecule has 1 rings (SSSR count). The molecule has 0 amide bonds. The lowest BCUT2D eigenvalue weighted by molar-refractivity contribution is -0.138. The van der Waals surface area contributed by atoms with E-state index in [2.05, 4.69) is 15.9 Å². The molecule has 2 nitrogen and oxygen atoms in total. The maximum Gasteiger partial charge on any atom is 0.418 e. The molecule has 0 radical (unpaired) electrons. The number of hydrogen-bond donors (Lipinski definition) is 1. The molecule has 1 aromatic rings. The Kier molecular flexibility index (Phi) is 3.17. The van der Waals surface area contributed by atoms with Crippen molar-refractivity contribution in [3.05, 3.63) is 32.2 Å². The fourth-order valence-corrected chi connectivity index (χ4v) is 1.62. The van der Waals surface area contributed by atoms with Gasteiger partial charge in [-0.05, 0) is 15.9 Å². The SMILES string of the molecule is O=c1[nH]cc(C(F)(F)F)c(Br)c1C(F)F. The highest BCUT2D eigenvalue weighted by molar-refractivity contribution is 9.10. The Bertz CT molecular complexity index is 424. The van der Waals surface area contributed by atoms with Crippen LogP contribution in [0.4, 0.5) is 22.0 Å². The Balaban J connectivity index is 3.49. The number of hydrogen-bond acceptors (Lipinski definition) is 1. The zero-order valence-corrected chi connectivity index (χ0v) is 8.42. The van der Waals surface area contributed by atoms with Gasteiger partial charge in [0.2, 0.25) is 0 Å². The molecule has 8 heteroatoms. The van der Waals surface area contributed by atoms with E-state index < -0.39 is 33.8 Å². The molecule has 0 saturated carbocycles. The van der Waals surface area contributed by atoms with Gasteiger partial charge < -0.3 is 4.98 Å². The van der Waals surface area contributed by atoms with E-state index in [4.69, 9.17) is 0 Å². The molecule has 84 valence electrons. The molecule has 0 spiro atoms. The topological polar surface area (TPSA) is 32.9 Å². The summed E-state index contributed by atoms with van der Waals surface area (Å²) in [5.41, 5.74) is -3.80. The van der Waals surface area contributed by atoms with Crippen LogP contribution in [0.25, 0.3) is 0 Å². The van der Waals surface area contributed by atoms with Gasteiger partial charge in [-0.15, -0.1) is 0 Å². The van der Waals surface area contributed by atoms with E-state index in [0.717, 1.165) is 0 Å². The summed E-state index contributed by atoms with van der Waals surface area (Å²) in [5, 5.41) is 0. The third kappa shape index (κ3) is 2.36. The van der Waals surface area contributed by atoms with Crippen molar-refractivity contribution in [2.45, 2.75) is 12.6 Å². The van der Waals surface area contributed by atoms with E-state index in [1.54, 1.807) is 4.98 Å². The predicted molar refractivity (Wildman–Crippen MR) is 44.7 cm³/mol. The van der Waals surface area contributed by atoms with Gasteiger partial charge in [0, 0.05) is 10.7 Å². The number of halogens is 6. The van der Waals surface area contributed by atoms with Crippen LogP contribution in [0.5, 0.6) is 0 Å². The minimum atomic E-state index is -4.80. The first-order valence-electron chi connectivity index (χ1n) is 3.51. The maximum atomic E-state index is 12.2. The Morgan fingerprint density at radius 3 is 2.27 bits per heavy atom. The second-order valence-electron chi connectivity index (χ2n) is 2.56. The molecule has 0 bridgehead atoms. The largest absolute Gasteiger partial charge is 0.418 e. The first kappa shape index (κ1) is 12.2. The summed E-state index contributed by atoms with van der Waals surface area (Å²) in [6, 6.07) is 0. The Morgan fingerprint density at radius 1 is 1.33 bits per heavy atom. The number of pyridine rings is 1. The normalized spacial score (nSPS) is 12.2. The van der Waals surface area contributed by atoms with Crippen molar-refractivity contribution >= 4 is 15.9 Å². The summed E-state index contributed by atoms with van der Waals surface area (Å²) in [7, 11) is 0. The molecule has 0 aliphatic rings. The third-order valence-corrected chi connectivity index (χ3v) is 2.44. The molecule has 0 atom stereocenters. The highest BCUT2D eigenvalue weighted by Gasteiger charge is 2.36. The highest BCUT2D eigenvalue weighted by Crippen LogP contribution is 2.37. The fraction of sp³-hybridized carbons (Fsp3) is 0.286. The van der Waals surface area contributed by atoms with Crippen molar-refractivity contribution in [3.8, 4) is 0 Å². The molecular weight excluding hydrogens is 289 g/mol. The first-order chi connectivity index (χ1) is 6.75. The van der Waals surface area contributed by atoms with Crippen molar-refractivity contribution in [1.29, 1.82) is 0 Å². The number of H-pyrrole nitrogens is 1. The Hall–Kier alpha value is -0.920. The van der Waals surface area contributed by atoms with E-state index in [1.165, 1.54) is 0 Å². The summed E-state index contributed by atoms with van der Waals surface area (Å²) in [6.45, 7) is 0. The van der Waals surface area contributed by atoms with Crippen molar-refractivity contribution < 1.29 is 22.0 Å². The summed E-state index contributed by atoms with van der Waals surface area (Å²) < 4.78 is 60.2. The smallest absolute Gasteiger partial charge is 0.328 e. The number of nitrogens with one attached hydrogen (secondary N) is 1. The third-order valence-electron chi connectivity index (χ3n) is 1.59. The van der Waals surface area contributed by atoms with Gasteiger partial charge in [-0.25, -0.2) is 8.78 Å². The predicted octanol–water partition coefficient (Wildman–Crippen LogP) is 3.09. The van der Waals surface area contributed by atoms with Crippen LogP contribution in [0.3, 0.4) is 0 Å². The molecule has 1 aromatic heterocycles. The van der Waals surface area contributed by atoms with Crippen molar-refractivity contribution in [3.63, 3.8) is 0 Å². The monoisotopic (exact) mass is 291 g/mol. The van der Waals surface area contributed by atoms with Crippen LogP contribution in [0, 0.1) is 0 Å². The van der Waals surface area contributed by atoms with Crippen LogP contribution >= 0.6 is 15.9 Å². The lowest BCUT2D eigenvalue weighted by Gasteiger charge is -2.10. The van der Waals surface area contributed by atoms with Crippen molar-refractivity contribution in [1.82, 2.24) is 4.98 Å². The zero-order valence-electron chi connectivity index (χ0n) is 6.83. The van der Waals surface area contributed by atoms with Crippen LogP contribution in [0.1, 0.15) is 17.6 Å². The minimum absolute atomic E-state index is 0.346. The van der Waals surface area contributed by atoms with E-state index >= 15 is 0 Å². The molecule has 0 saturated heterocycles. The zero-order chi connectivity index (χ0) is 11.8. The number of alkyl halides is 5. The minimum Gasteiger partial charge on any atom is -0.328 e. The Morgan fingerprint density at radius 2 is 1.87 bits per heavy atom. The van der Waals surface area contributed by atoms with E-state index in [9.17, 15) is 26.7 Å². The summed E-state index contributed by atoms with van der Waals surface area (Å²) in [5.74, 6) is 0. The van der Waals surface area contributed by atoms with Gasteiger partial charge in [-0.2, -0.15) is 13.2 Å². The lowest BCUT2D eigenvalue weighted by atomic mass is 10.2. The standard InChI is InChI=1S/C7H3BrF5NO/c8-4-2(7(11,12)13)1-14-6(15)3(4)5(9)10/h1,5H,(H,14,15). The van der Waals surface area contributed by atoms with Gasteiger partial charge in [0.1, 0.15) is 0 Å². The van der Waals surface area contributed by atoms with Gasteiger partial charge >= 0.3 is 6.18 Å². The second-order valence-corrected chi connectivity index (χ2v) is 3.35. The molecule has 1 heterocycles. The summed E-state index contributed by atoms with van der Waals surface area (Å²) in [6.07, 6.45) is -7.73. The second kappa shape index (κ2) is 3.92. The molecule has 15 heavy (non-hydrogen) atoms. The molecule has 0 aliphatic heterocycles. The van der Waals surface area contributed by atoms with Crippen LogP contribution in [0.15, 0.2) is 15.5 Å². The summed E-state index contributed by atoms with van der Waals surface area (Å²) in [4.78, 5) is 12.4. The molecule has 1 N–H and O–H groups in total. The first-order valence-corrected chi connectivity index (χ1v) is 4.31. The molecule has 0 unspecified atom stereocenters. The van der Waals surface area contributed by atoms with E-state index in [-0.39, 0.29) is 0 Å². The van der Waals surface area contributed by atoms with Crippen LogP contribution in [-0.4, -0.2) is 4.98 Å². The number of aromatic amines is 1. The maximum absolute atomic E-state index is 12.2. The van der Waals surface area contributed by atoms with E-state index in [1.807, 2.05) is 0 Å². The average molecular weight is 292 g/mol. The quantitative estimate of drug-likeness (QED) is 0.793. The van der Waals surface area contributed by atoms with Gasteiger partial charge in [0.25, 0.3) is 12.0 Å². The molecule has 0 aromatic carbocycles. The molecule has 0 aliphatic carbocycles. The Labute approximate surface area is 88.2 Å². The van der Waals surface area contributed by atoms with Gasteiger partial charge in [-0.1, -0.05) is 0 Å². The van der Waals surface area contributed by atoms with Gasteiger partial charge in [0.15, 0.2) is 0 Å². The van der Waals surface area contributed by atoms with E-state index in [0.29, 0.717) is 6.20 Å². The number of rotatable bonds is 1. The summed E-state index contributed by atoms with van der Waals surface area (Å²) >= 11 is 2.35. The van der Waals surface area contributed by atoms with Gasteiger partial charge in [-0.3, -0.25) is 4.79 Å².